The maximum Gasteiger partial charge on any atom is 0.227 e. The molecule has 2 N–H and O–H groups in total. The predicted octanol–water partition coefficient (Wildman–Crippen LogP) is 2.34. The Morgan fingerprint density at radius 1 is 1.33 bits per heavy atom. The second kappa shape index (κ2) is 7.07. The normalized spacial score (nSPS) is 22.3. The summed E-state index contributed by atoms with van der Waals surface area (Å²) in [4.78, 5) is 14.8. The Balaban J connectivity index is 2.05. The first-order valence-electron chi connectivity index (χ1n) is 7.99. The van der Waals surface area contributed by atoms with Gasteiger partial charge < -0.3 is 15.2 Å². The monoisotopic (exact) mass is 293 g/mol. The van der Waals surface area contributed by atoms with Crippen LogP contribution in [0, 0.1) is 13.8 Å². The minimum Gasteiger partial charge on any atom is -0.361 e. The molecule has 1 aliphatic carbocycles. The van der Waals surface area contributed by atoms with Gasteiger partial charge in [-0.25, -0.2) is 0 Å². The summed E-state index contributed by atoms with van der Waals surface area (Å²) in [7, 11) is 0. The lowest BCUT2D eigenvalue weighted by Crippen LogP contribution is -2.45. The second-order valence-electron chi connectivity index (χ2n) is 6.14. The van der Waals surface area contributed by atoms with Crippen molar-refractivity contribution in [2.75, 3.05) is 6.54 Å². The van der Waals surface area contributed by atoms with Crippen molar-refractivity contribution in [3.8, 4) is 0 Å². The maximum atomic E-state index is 12.7. The van der Waals surface area contributed by atoms with E-state index in [0.29, 0.717) is 18.5 Å². The minimum atomic E-state index is 0.187. The molecule has 0 spiro atoms. The number of aryl methyl sites for hydroxylation is 2. The number of rotatable bonds is 5. The highest BCUT2D eigenvalue weighted by molar-refractivity contribution is 5.79. The Hall–Kier alpha value is -1.36. The molecular weight excluding hydrogens is 266 g/mol. The lowest BCUT2D eigenvalue weighted by Gasteiger charge is -2.36. The molecule has 0 aliphatic heterocycles. The molecule has 1 heterocycles. The molecule has 5 heteroatoms. The zero-order chi connectivity index (χ0) is 15.4. The Kier molecular flexibility index (Phi) is 5.39. The molecule has 1 amide bonds. The number of hydrogen-bond donors (Lipinski definition) is 1. The first-order chi connectivity index (χ1) is 10.0. The largest absolute Gasteiger partial charge is 0.361 e. The molecule has 0 saturated heterocycles. The number of carbonyl (C=O) groups is 1. The van der Waals surface area contributed by atoms with Gasteiger partial charge in [-0.3, -0.25) is 4.79 Å². The Morgan fingerprint density at radius 2 is 2.00 bits per heavy atom. The molecule has 0 atom stereocenters. The fraction of sp³-hybridized carbons (Fsp3) is 0.750. The van der Waals surface area contributed by atoms with Crippen LogP contribution in [0.3, 0.4) is 0 Å². The SMILES string of the molecule is CCCN(C(=O)Cc1c(C)noc1C)C1CCC(N)CC1. The third-order valence-electron chi connectivity index (χ3n) is 4.48. The first kappa shape index (κ1) is 16.0. The molecule has 1 aliphatic rings. The number of nitrogens with two attached hydrogens (primary N) is 1. The van der Waals surface area contributed by atoms with Crippen LogP contribution in [-0.2, 0) is 11.2 Å². The molecule has 1 aromatic heterocycles. The van der Waals surface area contributed by atoms with Gasteiger partial charge in [0.05, 0.1) is 12.1 Å². The van der Waals surface area contributed by atoms with E-state index in [2.05, 4.69) is 17.0 Å². The molecule has 1 fully saturated rings. The summed E-state index contributed by atoms with van der Waals surface area (Å²) in [5, 5.41) is 3.93. The molecule has 1 saturated carbocycles. The Morgan fingerprint density at radius 3 is 2.52 bits per heavy atom. The number of carbonyl (C=O) groups excluding carboxylic acids is 1. The number of hydrogen-bond acceptors (Lipinski definition) is 4. The molecule has 0 radical (unpaired) electrons. The average Bonchev–Trinajstić information content (AvgIpc) is 2.77. The number of nitrogens with zero attached hydrogens (tertiary/aromatic N) is 2. The van der Waals surface area contributed by atoms with Crippen LogP contribution in [0.25, 0.3) is 0 Å². The molecule has 118 valence electrons. The van der Waals surface area contributed by atoms with Crippen LogP contribution >= 0.6 is 0 Å². The van der Waals surface area contributed by atoms with Crippen LogP contribution in [0.5, 0.6) is 0 Å². The molecule has 1 aromatic rings. The standard InChI is InChI=1S/C16H27N3O2/c1-4-9-19(14-7-5-13(17)6-8-14)16(20)10-15-11(2)18-21-12(15)3/h13-14H,4-10,17H2,1-3H3. The highest BCUT2D eigenvalue weighted by atomic mass is 16.5. The van der Waals surface area contributed by atoms with Crippen LogP contribution in [0.4, 0.5) is 0 Å². The van der Waals surface area contributed by atoms with Gasteiger partial charge in [-0.05, 0) is 46.0 Å². The van der Waals surface area contributed by atoms with Gasteiger partial charge in [-0.15, -0.1) is 0 Å². The Labute approximate surface area is 126 Å². The molecule has 5 nitrogen and oxygen atoms in total. The van der Waals surface area contributed by atoms with Gasteiger partial charge in [0.25, 0.3) is 0 Å². The lowest BCUT2D eigenvalue weighted by atomic mass is 9.90. The quantitative estimate of drug-likeness (QED) is 0.904. The van der Waals surface area contributed by atoms with Crippen LogP contribution in [0.1, 0.15) is 56.0 Å². The van der Waals surface area contributed by atoms with Crippen LogP contribution in [-0.4, -0.2) is 34.6 Å². The molecule has 21 heavy (non-hydrogen) atoms. The van der Waals surface area contributed by atoms with Gasteiger partial charge in [0.1, 0.15) is 5.76 Å². The zero-order valence-corrected chi connectivity index (χ0v) is 13.4. The molecule has 2 rings (SSSR count). The van der Waals surface area contributed by atoms with Crippen LogP contribution in [0.15, 0.2) is 4.52 Å². The van der Waals surface area contributed by atoms with Gasteiger partial charge in [-0.1, -0.05) is 12.1 Å². The number of amides is 1. The average molecular weight is 293 g/mol. The van der Waals surface area contributed by atoms with Gasteiger partial charge in [0.2, 0.25) is 5.91 Å². The number of aromatic nitrogens is 1. The van der Waals surface area contributed by atoms with Gasteiger partial charge >= 0.3 is 0 Å². The summed E-state index contributed by atoms with van der Waals surface area (Å²) < 4.78 is 5.16. The van der Waals surface area contributed by atoms with E-state index in [9.17, 15) is 4.79 Å². The van der Waals surface area contributed by atoms with E-state index in [1.54, 1.807) is 0 Å². The zero-order valence-electron chi connectivity index (χ0n) is 13.4. The van der Waals surface area contributed by atoms with E-state index < -0.39 is 0 Å². The van der Waals surface area contributed by atoms with Crippen molar-refractivity contribution in [2.45, 2.75) is 71.4 Å². The smallest absolute Gasteiger partial charge is 0.227 e. The highest BCUT2D eigenvalue weighted by Crippen LogP contribution is 2.24. The third-order valence-corrected chi connectivity index (χ3v) is 4.48. The summed E-state index contributed by atoms with van der Waals surface area (Å²) in [6.07, 6.45) is 5.45. The topological polar surface area (TPSA) is 72.4 Å². The third kappa shape index (κ3) is 3.84. The van der Waals surface area contributed by atoms with E-state index in [1.807, 2.05) is 13.8 Å². The fourth-order valence-electron chi connectivity index (χ4n) is 3.17. The first-order valence-corrected chi connectivity index (χ1v) is 7.99. The van der Waals surface area contributed by atoms with E-state index in [1.165, 1.54) is 0 Å². The van der Waals surface area contributed by atoms with Crippen LogP contribution in [0.2, 0.25) is 0 Å². The van der Waals surface area contributed by atoms with E-state index in [0.717, 1.165) is 55.7 Å². The predicted molar refractivity (Wildman–Crippen MR) is 81.9 cm³/mol. The van der Waals surface area contributed by atoms with Crippen molar-refractivity contribution in [1.82, 2.24) is 10.1 Å². The van der Waals surface area contributed by atoms with Gasteiger partial charge in [-0.2, -0.15) is 0 Å². The maximum absolute atomic E-state index is 12.7. The highest BCUT2D eigenvalue weighted by Gasteiger charge is 2.28. The van der Waals surface area contributed by atoms with Crippen molar-refractivity contribution in [3.63, 3.8) is 0 Å². The molecule has 0 unspecified atom stereocenters. The van der Waals surface area contributed by atoms with E-state index in [4.69, 9.17) is 10.3 Å². The molecule has 0 bridgehead atoms. The van der Waals surface area contributed by atoms with Crippen LogP contribution < -0.4 is 5.73 Å². The van der Waals surface area contributed by atoms with E-state index in [-0.39, 0.29) is 5.91 Å². The van der Waals surface area contributed by atoms with Crippen molar-refractivity contribution >= 4 is 5.91 Å². The lowest BCUT2D eigenvalue weighted by molar-refractivity contribution is -0.133. The summed E-state index contributed by atoms with van der Waals surface area (Å²) in [6, 6.07) is 0.653. The molecular formula is C16H27N3O2. The summed E-state index contributed by atoms with van der Waals surface area (Å²) >= 11 is 0. The summed E-state index contributed by atoms with van der Waals surface area (Å²) in [5.41, 5.74) is 7.73. The fourth-order valence-corrected chi connectivity index (χ4v) is 3.17. The van der Waals surface area contributed by atoms with E-state index >= 15 is 0 Å². The van der Waals surface area contributed by atoms with Crippen molar-refractivity contribution in [2.24, 2.45) is 5.73 Å². The van der Waals surface area contributed by atoms with Crippen molar-refractivity contribution in [3.05, 3.63) is 17.0 Å². The minimum absolute atomic E-state index is 0.187. The summed E-state index contributed by atoms with van der Waals surface area (Å²) in [6.45, 7) is 6.70. The molecule has 0 aromatic carbocycles. The second-order valence-corrected chi connectivity index (χ2v) is 6.14. The summed E-state index contributed by atoms with van der Waals surface area (Å²) in [5.74, 6) is 0.940. The Bertz CT molecular complexity index is 456. The van der Waals surface area contributed by atoms with Crippen molar-refractivity contribution in [1.29, 1.82) is 0 Å². The van der Waals surface area contributed by atoms with Gasteiger partial charge in [0.15, 0.2) is 0 Å². The van der Waals surface area contributed by atoms with Crippen molar-refractivity contribution < 1.29 is 9.32 Å². The van der Waals surface area contributed by atoms with Gasteiger partial charge in [0, 0.05) is 24.2 Å².